The molecule has 0 saturated carbocycles. The molecule has 1 heterocycles. The van der Waals surface area contributed by atoms with Crippen LogP contribution in [0.2, 0.25) is 0 Å². The van der Waals surface area contributed by atoms with E-state index in [1.165, 1.54) is 0 Å². The van der Waals surface area contributed by atoms with Crippen molar-refractivity contribution in [2.45, 2.75) is 26.6 Å². The van der Waals surface area contributed by atoms with E-state index in [9.17, 15) is 5.11 Å². The van der Waals surface area contributed by atoms with Gasteiger partial charge < -0.3 is 9.84 Å². The van der Waals surface area contributed by atoms with Crippen LogP contribution >= 0.6 is 0 Å². The lowest BCUT2D eigenvalue weighted by Crippen LogP contribution is -2.04. The summed E-state index contributed by atoms with van der Waals surface area (Å²) in [6.07, 6.45) is -0.655. The molecule has 0 fully saturated rings. The number of hydrogen-bond acceptors (Lipinski definition) is 4. The minimum atomic E-state index is -0.655. The Kier molecular flexibility index (Phi) is 4.34. The Labute approximate surface area is 118 Å². The minimum Gasteiger partial charge on any atom is -0.472 e. The van der Waals surface area contributed by atoms with E-state index < -0.39 is 6.10 Å². The highest BCUT2D eigenvalue weighted by Gasteiger charge is 2.13. The van der Waals surface area contributed by atoms with Crippen LogP contribution in [0.25, 0.3) is 0 Å². The van der Waals surface area contributed by atoms with E-state index in [1.54, 1.807) is 19.9 Å². The van der Waals surface area contributed by atoms with Crippen molar-refractivity contribution in [3.63, 3.8) is 0 Å². The lowest BCUT2D eigenvalue weighted by molar-refractivity contribution is 0.197. The van der Waals surface area contributed by atoms with Crippen LogP contribution in [-0.2, 0) is 6.61 Å². The summed E-state index contributed by atoms with van der Waals surface area (Å²) in [7, 11) is 0. The third kappa shape index (κ3) is 3.14. The van der Waals surface area contributed by atoms with Gasteiger partial charge in [-0.3, -0.25) is 0 Å². The van der Waals surface area contributed by atoms with Gasteiger partial charge in [0, 0.05) is 11.3 Å². The number of nitrogens with zero attached hydrogens (tertiary/aromatic N) is 2. The van der Waals surface area contributed by atoms with Crippen LogP contribution in [0.4, 0.5) is 0 Å². The molecule has 0 aliphatic carbocycles. The lowest BCUT2D eigenvalue weighted by Gasteiger charge is -2.12. The van der Waals surface area contributed by atoms with Gasteiger partial charge >= 0.3 is 0 Å². The van der Waals surface area contributed by atoms with E-state index >= 15 is 0 Å². The zero-order valence-corrected chi connectivity index (χ0v) is 11.5. The van der Waals surface area contributed by atoms with Gasteiger partial charge in [-0.15, -0.1) is 0 Å². The van der Waals surface area contributed by atoms with Crippen LogP contribution in [0, 0.1) is 18.3 Å². The topological polar surface area (TPSA) is 66.1 Å². The molecule has 0 aliphatic heterocycles. The van der Waals surface area contributed by atoms with Crippen LogP contribution < -0.4 is 4.74 Å². The summed E-state index contributed by atoms with van der Waals surface area (Å²) in [5.74, 6) is 0.304. The lowest BCUT2D eigenvalue weighted by atomic mass is 10.1. The highest BCUT2D eigenvalue weighted by molar-refractivity contribution is 5.43. The molecule has 1 N–H and O–H groups in total. The van der Waals surface area contributed by atoms with Crippen LogP contribution in [0.3, 0.4) is 0 Å². The van der Waals surface area contributed by atoms with Gasteiger partial charge in [0.15, 0.2) is 0 Å². The fraction of sp³-hybridized carbons (Fsp3) is 0.250. The Morgan fingerprint density at radius 3 is 2.65 bits per heavy atom. The number of pyridine rings is 1. The molecule has 1 aromatic heterocycles. The first-order chi connectivity index (χ1) is 9.61. The molecule has 2 aromatic rings. The molecule has 1 aromatic carbocycles. The summed E-state index contributed by atoms with van der Waals surface area (Å²) in [4.78, 5) is 4.28. The first-order valence-corrected chi connectivity index (χ1v) is 6.38. The van der Waals surface area contributed by atoms with Gasteiger partial charge in [-0.1, -0.05) is 30.3 Å². The molecule has 4 nitrogen and oxygen atoms in total. The van der Waals surface area contributed by atoms with Crippen LogP contribution in [0.5, 0.6) is 5.88 Å². The number of hydrogen-bond donors (Lipinski definition) is 1. The fourth-order valence-electron chi connectivity index (χ4n) is 1.94. The van der Waals surface area contributed by atoms with Crippen molar-refractivity contribution in [3.8, 4) is 11.9 Å². The summed E-state index contributed by atoms with van der Waals surface area (Å²) < 4.78 is 5.61. The number of rotatable bonds is 4. The number of aryl methyl sites for hydroxylation is 1. The van der Waals surface area contributed by atoms with Crippen LogP contribution in [0.15, 0.2) is 36.4 Å². The van der Waals surface area contributed by atoms with Crippen molar-refractivity contribution in [2.24, 2.45) is 0 Å². The van der Waals surface area contributed by atoms with E-state index in [-0.39, 0.29) is 0 Å². The average molecular weight is 268 g/mol. The molecule has 2 rings (SSSR count). The second-order valence-corrected chi connectivity index (χ2v) is 4.58. The quantitative estimate of drug-likeness (QED) is 0.925. The zero-order valence-electron chi connectivity index (χ0n) is 11.5. The first-order valence-electron chi connectivity index (χ1n) is 6.38. The molecule has 0 radical (unpaired) electrons. The normalized spacial score (nSPS) is 11.7. The van der Waals surface area contributed by atoms with Crippen molar-refractivity contribution in [3.05, 3.63) is 58.8 Å². The summed E-state index contributed by atoms with van der Waals surface area (Å²) in [5, 5.41) is 18.8. The van der Waals surface area contributed by atoms with E-state index in [4.69, 9.17) is 10.00 Å². The largest absolute Gasteiger partial charge is 0.472 e. The fourth-order valence-corrected chi connectivity index (χ4v) is 1.94. The predicted molar refractivity (Wildman–Crippen MR) is 75.1 cm³/mol. The summed E-state index contributed by atoms with van der Waals surface area (Å²) in [6.45, 7) is 3.80. The molecule has 0 spiro atoms. The van der Waals surface area contributed by atoms with Crippen molar-refractivity contribution in [1.82, 2.24) is 4.98 Å². The van der Waals surface area contributed by atoms with E-state index in [2.05, 4.69) is 11.1 Å². The van der Waals surface area contributed by atoms with Gasteiger partial charge in [0.25, 0.3) is 0 Å². The second-order valence-electron chi connectivity index (χ2n) is 4.58. The highest BCUT2D eigenvalue weighted by Crippen LogP contribution is 2.24. The molecule has 0 amide bonds. The molecule has 102 valence electrons. The first kappa shape index (κ1) is 14.0. The van der Waals surface area contributed by atoms with E-state index in [1.807, 2.05) is 30.3 Å². The van der Waals surface area contributed by atoms with Crippen LogP contribution in [0.1, 0.15) is 35.4 Å². The molecule has 20 heavy (non-hydrogen) atoms. The number of aliphatic hydroxyl groups is 1. The van der Waals surface area contributed by atoms with Gasteiger partial charge in [-0.2, -0.15) is 5.26 Å². The number of nitriles is 1. The second kappa shape index (κ2) is 6.18. The van der Waals surface area contributed by atoms with Gasteiger partial charge in [-0.05, 0) is 25.5 Å². The summed E-state index contributed by atoms with van der Waals surface area (Å²) in [5.41, 5.74) is 2.66. The van der Waals surface area contributed by atoms with Gasteiger partial charge in [-0.25, -0.2) is 4.98 Å². The molecule has 4 heteroatoms. The number of aliphatic hydroxyl groups excluding tert-OH is 1. The predicted octanol–water partition coefficient (Wildman–Crippen LogP) is 2.89. The third-order valence-corrected chi connectivity index (χ3v) is 3.01. The summed E-state index contributed by atoms with van der Waals surface area (Å²) in [6, 6.07) is 13.4. The Morgan fingerprint density at radius 2 is 2.05 bits per heavy atom. The van der Waals surface area contributed by atoms with Crippen molar-refractivity contribution >= 4 is 0 Å². The van der Waals surface area contributed by atoms with Crippen molar-refractivity contribution in [2.75, 3.05) is 0 Å². The molecule has 0 aliphatic rings. The minimum absolute atomic E-state index is 0.304. The SMILES string of the molecule is Cc1nc(OCc2ccccc2)c(C#N)cc1C(C)O. The number of ether oxygens (including phenoxy) is 1. The standard InChI is InChI=1S/C16H16N2O2/c1-11-15(12(2)19)8-14(9-17)16(18-11)20-10-13-6-4-3-5-7-13/h3-8,12,19H,10H2,1-2H3. The van der Waals surface area contributed by atoms with Crippen LogP contribution in [-0.4, -0.2) is 10.1 Å². The molecular formula is C16H16N2O2. The van der Waals surface area contributed by atoms with E-state index in [0.717, 1.165) is 5.56 Å². The Balaban J connectivity index is 2.24. The van der Waals surface area contributed by atoms with Crippen molar-refractivity contribution < 1.29 is 9.84 Å². The maximum Gasteiger partial charge on any atom is 0.232 e. The maximum atomic E-state index is 9.63. The Morgan fingerprint density at radius 1 is 1.35 bits per heavy atom. The highest BCUT2D eigenvalue weighted by atomic mass is 16.5. The monoisotopic (exact) mass is 268 g/mol. The average Bonchev–Trinajstić information content (AvgIpc) is 2.46. The molecule has 0 saturated heterocycles. The van der Waals surface area contributed by atoms with Gasteiger partial charge in [0.2, 0.25) is 5.88 Å². The molecule has 1 unspecified atom stereocenters. The van der Waals surface area contributed by atoms with Crippen molar-refractivity contribution in [1.29, 1.82) is 5.26 Å². The Bertz CT molecular complexity index is 631. The van der Waals surface area contributed by atoms with Gasteiger partial charge in [0.05, 0.1) is 6.10 Å². The summed E-state index contributed by atoms with van der Waals surface area (Å²) >= 11 is 0. The zero-order chi connectivity index (χ0) is 14.5. The maximum absolute atomic E-state index is 9.63. The number of benzene rings is 1. The molecule has 1 atom stereocenters. The Hall–Kier alpha value is -2.38. The molecular weight excluding hydrogens is 252 g/mol. The van der Waals surface area contributed by atoms with Gasteiger partial charge in [0.1, 0.15) is 18.2 Å². The molecule has 0 bridgehead atoms. The third-order valence-electron chi connectivity index (χ3n) is 3.01. The smallest absolute Gasteiger partial charge is 0.232 e. The number of aromatic nitrogens is 1. The van der Waals surface area contributed by atoms with E-state index in [0.29, 0.717) is 29.3 Å².